The molecule has 1 aromatic heterocycles. The van der Waals surface area contributed by atoms with Crippen LogP contribution < -0.4 is 10.2 Å². The van der Waals surface area contributed by atoms with Gasteiger partial charge in [0.05, 0.1) is 0 Å². The smallest absolute Gasteiger partial charge is 0.133 e. The lowest BCUT2D eigenvalue weighted by molar-refractivity contribution is 0.586. The number of nitrogens with zero attached hydrogens (tertiary/aromatic N) is 2. The van der Waals surface area contributed by atoms with Crippen LogP contribution in [0.5, 0.6) is 0 Å². The van der Waals surface area contributed by atoms with E-state index in [1.807, 2.05) is 12.3 Å². The maximum Gasteiger partial charge on any atom is 0.133 e. The van der Waals surface area contributed by atoms with E-state index in [-0.39, 0.29) is 0 Å². The lowest BCUT2D eigenvalue weighted by atomic mass is 10.2. The highest BCUT2D eigenvalue weighted by Gasteiger charge is 2.30. The van der Waals surface area contributed by atoms with Crippen LogP contribution in [-0.2, 0) is 6.54 Å². The van der Waals surface area contributed by atoms with Crippen molar-refractivity contribution < 1.29 is 0 Å². The largest absolute Gasteiger partial charge is 0.353 e. The van der Waals surface area contributed by atoms with Crippen LogP contribution in [0.25, 0.3) is 0 Å². The summed E-state index contributed by atoms with van der Waals surface area (Å²) < 4.78 is 0. The molecule has 18 heavy (non-hydrogen) atoms. The molecule has 1 aliphatic rings. The molecule has 0 amide bonds. The Morgan fingerprint density at radius 3 is 2.83 bits per heavy atom. The molecule has 0 atom stereocenters. The molecule has 0 saturated heterocycles. The van der Waals surface area contributed by atoms with E-state index >= 15 is 0 Å². The minimum Gasteiger partial charge on any atom is -0.353 e. The lowest BCUT2D eigenvalue weighted by Gasteiger charge is -2.25. The molecule has 0 bridgehead atoms. The second-order valence-electron chi connectivity index (χ2n) is 5.45. The molecule has 1 aromatic rings. The first-order valence-electron chi connectivity index (χ1n) is 7.16. The molecule has 1 fully saturated rings. The third kappa shape index (κ3) is 3.45. The normalized spacial score (nSPS) is 15.1. The van der Waals surface area contributed by atoms with Crippen LogP contribution in [0.4, 0.5) is 5.82 Å². The number of hydrogen-bond donors (Lipinski definition) is 1. The van der Waals surface area contributed by atoms with Gasteiger partial charge in [-0.25, -0.2) is 4.98 Å². The van der Waals surface area contributed by atoms with Gasteiger partial charge in [-0.15, -0.1) is 0 Å². The van der Waals surface area contributed by atoms with E-state index in [1.165, 1.54) is 30.6 Å². The summed E-state index contributed by atoms with van der Waals surface area (Å²) in [7, 11) is 0. The van der Waals surface area contributed by atoms with Gasteiger partial charge >= 0.3 is 0 Å². The van der Waals surface area contributed by atoms with Crippen molar-refractivity contribution in [2.45, 2.75) is 58.7 Å². The van der Waals surface area contributed by atoms with E-state index in [0.29, 0.717) is 6.04 Å². The highest BCUT2D eigenvalue weighted by atomic mass is 15.2. The summed E-state index contributed by atoms with van der Waals surface area (Å²) in [4.78, 5) is 7.12. The van der Waals surface area contributed by atoms with Gasteiger partial charge in [0.25, 0.3) is 0 Å². The second-order valence-corrected chi connectivity index (χ2v) is 5.45. The van der Waals surface area contributed by atoms with Gasteiger partial charge in [0.15, 0.2) is 0 Å². The van der Waals surface area contributed by atoms with Crippen LogP contribution in [0.3, 0.4) is 0 Å². The molecule has 1 N–H and O–H groups in total. The Morgan fingerprint density at radius 2 is 2.22 bits per heavy atom. The molecule has 2 rings (SSSR count). The Bertz CT molecular complexity index is 372. The predicted octanol–water partition coefficient (Wildman–Crippen LogP) is 2.96. The number of pyridine rings is 1. The van der Waals surface area contributed by atoms with Crippen molar-refractivity contribution in [3.05, 3.63) is 23.9 Å². The predicted molar refractivity (Wildman–Crippen MR) is 76.9 cm³/mol. The highest BCUT2D eigenvalue weighted by Crippen LogP contribution is 2.32. The van der Waals surface area contributed by atoms with E-state index in [9.17, 15) is 0 Å². The average molecular weight is 247 g/mol. The molecule has 1 heterocycles. The maximum atomic E-state index is 4.62. The molecular formula is C15H25N3. The molecule has 1 saturated carbocycles. The topological polar surface area (TPSA) is 28.2 Å². The Labute approximate surface area is 111 Å². The Kier molecular flexibility index (Phi) is 4.59. The third-order valence-corrected chi connectivity index (χ3v) is 3.29. The Morgan fingerprint density at radius 1 is 1.44 bits per heavy atom. The van der Waals surface area contributed by atoms with Gasteiger partial charge < -0.3 is 10.2 Å². The Balaban J connectivity index is 2.13. The fourth-order valence-corrected chi connectivity index (χ4v) is 2.23. The lowest BCUT2D eigenvalue weighted by Crippen LogP contribution is -2.30. The van der Waals surface area contributed by atoms with Gasteiger partial charge in [0, 0.05) is 36.9 Å². The average Bonchev–Trinajstić information content (AvgIpc) is 3.18. The summed E-state index contributed by atoms with van der Waals surface area (Å²) in [5, 5.41) is 3.49. The van der Waals surface area contributed by atoms with Crippen molar-refractivity contribution in [1.82, 2.24) is 10.3 Å². The molecule has 0 unspecified atom stereocenters. The molecule has 0 aromatic carbocycles. The van der Waals surface area contributed by atoms with Gasteiger partial charge in [0.2, 0.25) is 0 Å². The standard InChI is InChI=1S/C15H25N3/c1-4-10-18(14-7-8-14)15-13(6-5-9-16-15)11-17-12(2)3/h5-6,9,12,14,17H,4,7-8,10-11H2,1-3H3. The van der Waals surface area contributed by atoms with Crippen LogP contribution in [0.15, 0.2) is 18.3 Å². The molecule has 3 nitrogen and oxygen atoms in total. The zero-order valence-electron chi connectivity index (χ0n) is 11.8. The quantitative estimate of drug-likeness (QED) is 0.803. The van der Waals surface area contributed by atoms with Crippen LogP contribution in [0.2, 0.25) is 0 Å². The molecule has 3 heteroatoms. The van der Waals surface area contributed by atoms with Crippen molar-refractivity contribution in [2.24, 2.45) is 0 Å². The number of aromatic nitrogens is 1. The van der Waals surface area contributed by atoms with Crippen LogP contribution in [0.1, 0.15) is 45.6 Å². The van der Waals surface area contributed by atoms with Gasteiger partial charge in [-0.05, 0) is 25.3 Å². The van der Waals surface area contributed by atoms with Crippen molar-refractivity contribution in [3.8, 4) is 0 Å². The summed E-state index contributed by atoms with van der Waals surface area (Å²) in [5.74, 6) is 1.19. The maximum absolute atomic E-state index is 4.62. The zero-order chi connectivity index (χ0) is 13.0. The van der Waals surface area contributed by atoms with Gasteiger partial charge in [-0.3, -0.25) is 0 Å². The molecule has 100 valence electrons. The zero-order valence-corrected chi connectivity index (χ0v) is 11.8. The SMILES string of the molecule is CCCN(c1ncccc1CNC(C)C)C1CC1. The molecule has 0 aliphatic heterocycles. The fourth-order valence-electron chi connectivity index (χ4n) is 2.23. The number of rotatable bonds is 7. The van der Waals surface area contributed by atoms with E-state index < -0.39 is 0 Å². The van der Waals surface area contributed by atoms with Gasteiger partial charge in [0.1, 0.15) is 5.82 Å². The number of nitrogens with one attached hydrogen (secondary N) is 1. The van der Waals surface area contributed by atoms with Crippen molar-refractivity contribution >= 4 is 5.82 Å². The summed E-state index contributed by atoms with van der Waals surface area (Å²) in [6.45, 7) is 8.63. The molecule has 1 aliphatic carbocycles. The molecule has 0 radical (unpaired) electrons. The van der Waals surface area contributed by atoms with Crippen molar-refractivity contribution in [1.29, 1.82) is 0 Å². The van der Waals surface area contributed by atoms with Crippen LogP contribution in [-0.4, -0.2) is 23.6 Å². The second kappa shape index (κ2) is 6.19. The Hall–Kier alpha value is -1.09. The highest BCUT2D eigenvalue weighted by molar-refractivity contribution is 5.48. The van der Waals surface area contributed by atoms with Crippen LogP contribution in [0, 0.1) is 0 Å². The fraction of sp³-hybridized carbons (Fsp3) is 0.667. The van der Waals surface area contributed by atoms with E-state index in [1.54, 1.807) is 0 Å². The van der Waals surface area contributed by atoms with Crippen molar-refractivity contribution in [2.75, 3.05) is 11.4 Å². The number of anilines is 1. The van der Waals surface area contributed by atoms with Gasteiger partial charge in [-0.1, -0.05) is 26.8 Å². The van der Waals surface area contributed by atoms with E-state index in [0.717, 1.165) is 19.1 Å². The summed E-state index contributed by atoms with van der Waals surface area (Å²) in [6, 6.07) is 5.48. The molecular weight excluding hydrogens is 222 g/mol. The minimum atomic E-state index is 0.513. The molecule has 0 spiro atoms. The number of hydrogen-bond acceptors (Lipinski definition) is 3. The third-order valence-electron chi connectivity index (χ3n) is 3.29. The monoisotopic (exact) mass is 247 g/mol. The first-order chi connectivity index (χ1) is 8.72. The summed E-state index contributed by atoms with van der Waals surface area (Å²) in [5.41, 5.74) is 1.33. The van der Waals surface area contributed by atoms with Gasteiger partial charge in [-0.2, -0.15) is 0 Å². The first-order valence-corrected chi connectivity index (χ1v) is 7.16. The van der Waals surface area contributed by atoms with Crippen molar-refractivity contribution in [3.63, 3.8) is 0 Å². The minimum absolute atomic E-state index is 0.513. The first kappa shape index (κ1) is 13.3. The summed E-state index contributed by atoms with van der Waals surface area (Å²) in [6.07, 6.45) is 5.75. The van der Waals surface area contributed by atoms with Crippen LogP contribution >= 0.6 is 0 Å². The van der Waals surface area contributed by atoms with E-state index in [2.05, 4.69) is 42.0 Å². The summed E-state index contributed by atoms with van der Waals surface area (Å²) >= 11 is 0. The van der Waals surface area contributed by atoms with E-state index in [4.69, 9.17) is 0 Å².